The van der Waals surface area contributed by atoms with Crippen molar-refractivity contribution in [2.45, 2.75) is 11.1 Å². The molecular formula is C9H7F3O3S. The molecule has 1 rings (SSSR count). The predicted octanol–water partition coefficient (Wildman–Crippen LogP) is 2.05. The monoisotopic (exact) mass is 252 g/mol. The number of hydrogen-bond donors (Lipinski definition) is 1. The molecule has 1 aromatic carbocycles. The molecule has 88 valence electrons. The van der Waals surface area contributed by atoms with Crippen molar-refractivity contribution in [2.75, 3.05) is 5.75 Å². The smallest absolute Gasteiger partial charge is 0.400 e. The molecule has 16 heavy (non-hydrogen) atoms. The van der Waals surface area contributed by atoms with Crippen LogP contribution in [0.25, 0.3) is 0 Å². The number of benzene rings is 1. The summed E-state index contributed by atoms with van der Waals surface area (Å²) >= 11 is 0. The molecule has 0 radical (unpaired) electrons. The van der Waals surface area contributed by atoms with Crippen LogP contribution in [0.1, 0.15) is 10.4 Å². The van der Waals surface area contributed by atoms with Crippen LogP contribution in [-0.4, -0.2) is 27.2 Å². The SMILES string of the molecule is O=C(O)c1ccc(S(=O)CC(F)(F)F)cc1. The molecule has 1 unspecified atom stereocenters. The van der Waals surface area contributed by atoms with E-state index in [9.17, 15) is 22.2 Å². The van der Waals surface area contributed by atoms with E-state index in [0.717, 1.165) is 24.3 Å². The fraction of sp³-hybridized carbons (Fsp3) is 0.222. The Morgan fingerprint density at radius 2 is 1.75 bits per heavy atom. The zero-order chi connectivity index (χ0) is 12.3. The summed E-state index contributed by atoms with van der Waals surface area (Å²) in [5.74, 6) is -2.62. The summed E-state index contributed by atoms with van der Waals surface area (Å²) < 4.78 is 46.9. The molecule has 3 nitrogen and oxygen atoms in total. The van der Waals surface area contributed by atoms with Crippen LogP contribution in [0.15, 0.2) is 29.2 Å². The number of rotatable bonds is 3. The van der Waals surface area contributed by atoms with Gasteiger partial charge in [-0.2, -0.15) is 13.2 Å². The first-order chi connectivity index (χ1) is 7.29. The Morgan fingerprint density at radius 3 is 2.12 bits per heavy atom. The van der Waals surface area contributed by atoms with Crippen molar-refractivity contribution in [3.63, 3.8) is 0 Å². The minimum absolute atomic E-state index is 0.0395. The largest absolute Gasteiger partial charge is 0.478 e. The van der Waals surface area contributed by atoms with E-state index >= 15 is 0 Å². The van der Waals surface area contributed by atoms with Gasteiger partial charge >= 0.3 is 12.1 Å². The van der Waals surface area contributed by atoms with Crippen molar-refractivity contribution in [2.24, 2.45) is 0 Å². The third kappa shape index (κ3) is 3.65. The van der Waals surface area contributed by atoms with Gasteiger partial charge in [-0.05, 0) is 24.3 Å². The average molecular weight is 252 g/mol. The second-order valence-corrected chi connectivity index (χ2v) is 4.39. The maximum absolute atomic E-state index is 11.9. The Labute approximate surface area is 91.4 Å². The van der Waals surface area contributed by atoms with Crippen LogP contribution in [0.2, 0.25) is 0 Å². The highest BCUT2D eigenvalue weighted by atomic mass is 32.2. The molecular weight excluding hydrogens is 245 g/mol. The molecule has 0 aliphatic carbocycles. The van der Waals surface area contributed by atoms with E-state index < -0.39 is 28.7 Å². The molecule has 0 aromatic heterocycles. The molecule has 0 aliphatic heterocycles. The van der Waals surface area contributed by atoms with E-state index in [1.165, 1.54) is 0 Å². The molecule has 0 aliphatic rings. The van der Waals surface area contributed by atoms with E-state index in [4.69, 9.17) is 5.11 Å². The van der Waals surface area contributed by atoms with Crippen LogP contribution in [0.5, 0.6) is 0 Å². The van der Waals surface area contributed by atoms with Gasteiger partial charge in [0.2, 0.25) is 0 Å². The van der Waals surface area contributed by atoms with Crippen LogP contribution >= 0.6 is 0 Å². The zero-order valence-corrected chi connectivity index (χ0v) is 8.64. The van der Waals surface area contributed by atoms with Gasteiger partial charge in [-0.15, -0.1) is 0 Å². The van der Waals surface area contributed by atoms with Crippen LogP contribution in [0.4, 0.5) is 13.2 Å². The average Bonchev–Trinajstić information content (AvgIpc) is 2.15. The van der Waals surface area contributed by atoms with Crippen molar-refractivity contribution >= 4 is 16.8 Å². The van der Waals surface area contributed by atoms with Crippen molar-refractivity contribution in [3.8, 4) is 0 Å². The van der Waals surface area contributed by atoms with Crippen molar-refractivity contribution in [1.29, 1.82) is 0 Å². The predicted molar refractivity (Wildman–Crippen MR) is 50.7 cm³/mol. The van der Waals surface area contributed by atoms with E-state index in [1.807, 2.05) is 0 Å². The standard InChI is InChI=1S/C9H7F3O3S/c10-9(11,12)5-16(15)7-3-1-6(2-4-7)8(13)14/h1-4H,5H2,(H,13,14). The number of alkyl halides is 3. The van der Waals surface area contributed by atoms with Gasteiger partial charge in [0.05, 0.1) is 16.4 Å². The first-order valence-electron chi connectivity index (χ1n) is 4.08. The van der Waals surface area contributed by atoms with Crippen molar-refractivity contribution < 1.29 is 27.3 Å². The summed E-state index contributed by atoms with van der Waals surface area (Å²) in [4.78, 5) is 10.4. The lowest BCUT2D eigenvalue weighted by molar-refractivity contribution is -0.105. The molecule has 1 atom stereocenters. The normalized spacial score (nSPS) is 13.4. The van der Waals surface area contributed by atoms with E-state index in [0.29, 0.717) is 0 Å². The van der Waals surface area contributed by atoms with Crippen LogP contribution in [0.3, 0.4) is 0 Å². The highest BCUT2D eigenvalue weighted by molar-refractivity contribution is 7.85. The summed E-state index contributed by atoms with van der Waals surface area (Å²) in [6.07, 6.45) is -4.50. The number of halogens is 3. The van der Waals surface area contributed by atoms with E-state index in [-0.39, 0.29) is 10.5 Å². The maximum atomic E-state index is 11.9. The lowest BCUT2D eigenvalue weighted by atomic mass is 10.2. The van der Waals surface area contributed by atoms with Gasteiger partial charge < -0.3 is 5.11 Å². The Morgan fingerprint density at radius 1 is 1.25 bits per heavy atom. The fourth-order valence-corrected chi connectivity index (χ4v) is 1.88. The van der Waals surface area contributed by atoms with Gasteiger partial charge in [0.25, 0.3) is 0 Å². The van der Waals surface area contributed by atoms with Crippen LogP contribution in [-0.2, 0) is 10.8 Å². The molecule has 0 saturated heterocycles. The van der Waals surface area contributed by atoms with Gasteiger partial charge in [-0.25, -0.2) is 4.79 Å². The van der Waals surface area contributed by atoms with Crippen molar-refractivity contribution in [1.82, 2.24) is 0 Å². The van der Waals surface area contributed by atoms with Crippen molar-refractivity contribution in [3.05, 3.63) is 29.8 Å². The lowest BCUT2D eigenvalue weighted by Gasteiger charge is -2.06. The zero-order valence-electron chi connectivity index (χ0n) is 7.82. The summed E-state index contributed by atoms with van der Waals surface area (Å²) in [7, 11) is -2.19. The van der Waals surface area contributed by atoms with Gasteiger partial charge in [-0.3, -0.25) is 4.21 Å². The molecule has 7 heteroatoms. The quantitative estimate of drug-likeness (QED) is 0.895. The van der Waals surface area contributed by atoms with Crippen LogP contribution in [0, 0.1) is 0 Å². The minimum atomic E-state index is -4.50. The Balaban J connectivity index is 2.82. The lowest BCUT2D eigenvalue weighted by Crippen LogP contribution is -2.18. The van der Waals surface area contributed by atoms with Gasteiger partial charge in [-0.1, -0.05) is 0 Å². The van der Waals surface area contributed by atoms with Crippen LogP contribution < -0.4 is 0 Å². The summed E-state index contributed by atoms with van der Waals surface area (Å²) in [6, 6.07) is 4.47. The molecule has 0 fully saturated rings. The molecule has 0 saturated carbocycles. The molecule has 0 bridgehead atoms. The number of carboxylic acid groups (broad SMARTS) is 1. The number of aromatic carboxylic acids is 1. The third-order valence-corrected chi connectivity index (χ3v) is 3.05. The number of carboxylic acids is 1. The number of carbonyl (C=O) groups is 1. The third-order valence-electron chi connectivity index (χ3n) is 1.66. The highest BCUT2D eigenvalue weighted by Crippen LogP contribution is 2.19. The summed E-state index contributed by atoms with van der Waals surface area (Å²) in [6.45, 7) is 0. The summed E-state index contributed by atoms with van der Waals surface area (Å²) in [5.41, 5.74) is -0.0623. The molecule has 1 N–H and O–H groups in total. The second-order valence-electron chi connectivity index (χ2n) is 2.93. The summed E-state index contributed by atoms with van der Waals surface area (Å²) in [5, 5.41) is 8.54. The van der Waals surface area contributed by atoms with E-state index in [1.54, 1.807) is 0 Å². The second kappa shape index (κ2) is 4.65. The highest BCUT2D eigenvalue weighted by Gasteiger charge is 2.30. The van der Waals surface area contributed by atoms with Gasteiger partial charge in [0, 0.05) is 4.90 Å². The molecule has 0 heterocycles. The Hall–Kier alpha value is -1.37. The first-order valence-corrected chi connectivity index (χ1v) is 5.40. The maximum Gasteiger partial charge on any atom is 0.400 e. The Kier molecular flexibility index (Phi) is 3.69. The Bertz CT molecular complexity index is 411. The molecule has 0 amide bonds. The number of hydrogen-bond acceptors (Lipinski definition) is 2. The fourth-order valence-electron chi connectivity index (χ4n) is 0.981. The van der Waals surface area contributed by atoms with Gasteiger partial charge in [0.15, 0.2) is 0 Å². The van der Waals surface area contributed by atoms with Gasteiger partial charge in [0.1, 0.15) is 5.75 Å². The molecule has 1 aromatic rings. The molecule has 0 spiro atoms. The topological polar surface area (TPSA) is 54.4 Å². The van der Waals surface area contributed by atoms with E-state index in [2.05, 4.69) is 0 Å². The first kappa shape index (κ1) is 12.7. The minimum Gasteiger partial charge on any atom is -0.478 e.